The maximum Gasteiger partial charge on any atom is 0.348 e. The molecule has 0 unspecified atom stereocenters. The van der Waals surface area contributed by atoms with E-state index in [9.17, 15) is 9.59 Å². The molecule has 0 radical (unpaired) electrons. The van der Waals surface area contributed by atoms with Crippen LogP contribution in [0.5, 0.6) is 0 Å². The second-order valence-corrected chi connectivity index (χ2v) is 6.08. The van der Waals surface area contributed by atoms with Crippen LogP contribution in [0.25, 0.3) is 11.0 Å². The van der Waals surface area contributed by atoms with Gasteiger partial charge in [-0.05, 0) is 25.0 Å². The summed E-state index contributed by atoms with van der Waals surface area (Å²) in [5.41, 5.74) is 6.59. The molecule has 3 aromatic rings. The number of aryl methyl sites for hydroxylation is 2. The van der Waals surface area contributed by atoms with Gasteiger partial charge in [-0.3, -0.25) is 4.79 Å². The summed E-state index contributed by atoms with van der Waals surface area (Å²) in [4.78, 5) is 36.1. The summed E-state index contributed by atoms with van der Waals surface area (Å²) in [5, 5.41) is 0.409. The lowest BCUT2D eigenvalue weighted by Gasteiger charge is -2.03. The number of H-pyrrole nitrogens is 1. The quantitative estimate of drug-likeness (QED) is 0.702. The molecular formula is C15H14N4O3S. The molecule has 0 aliphatic rings. The van der Waals surface area contributed by atoms with Crippen molar-refractivity contribution in [2.24, 2.45) is 0 Å². The van der Waals surface area contributed by atoms with Crippen LogP contribution in [0.2, 0.25) is 0 Å². The van der Waals surface area contributed by atoms with Gasteiger partial charge < -0.3 is 15.5 Å². The van der Waals surface area contributed by atoms with Gasteiger partial charge in [0.25, 0.3) is 0 Å². The lowest BCUT2D eigenvalue weighted by molar-refractivity contribution is 0.0606. The monoisotopic (exact) mass is 330 g/mol. The van der Waals surface area contributed by atoms with Crippen molar-refractivity contribution in [3.8, 4) is 0 Å². The molecule has 3 rings (SSSR count). The molecule has 0 spiro atoms. The van der Waals surface area contributed by atoms with Crippen LogP contribution in [0.15, 0.2) is 29.2 Å². The number of carbonyl (C=O) groups excluding carboxylic acids is 1. The van der Waals surface area contributed by atoms with E-state index < -0.39 is 0 Å². The van der Waals surface area contributed by atoms with E-state index >= 15 is 0 Å². The third kappa shape index (κ3) is 3.21. The number of hydrogen-bond acceptors (Lipinski definition) is 7. The average Bonchev–Trinajstić information content (AvgIpc) is 3.00. The Hall–Kier alpha value is -2.74. The zero-order valence-corrected chi connectivity index (χ0v) is 13.1. The number of nitrogen functional groups attached to an aromatic ring is 1. The highest BCUT2D eigenvalue weighted by Gasteiger charge is 2.10. The normalized spacial score (nSPS) is 10.8. The van der Waals surface area contributed by atoms with Crippen molar-refractivity contribution in [3.63, 3.8) is 0 Å². The Balaban J connectivity index is 1.80. The number of rotatable bonds is 4. The Labute approximate surface area is 135 Å². The van der Waals surface area contributed by atoms with Crippen molar-refractivity contribution in [2.45, 2.75) is 12.8 Å². The number of aromatic nitrogens is 3. The van der Waals surface area contributed by atoms with Crippen LogP contribution in [0.1, 0.15) is 20.2 Å². The predicted octanol–water partition coefficient (Wildman–Crippen LogP) is 1.53. The number of pyridine rings is 1. The third-order valence-corrected chi connectivity index (χ3v) is 4.47. The Morgan fingerprint density at radius 2 is 2.22 bits per heavy atom. The van der Waals surface area contributed by atoms with Gasteiger partial charge in [0, 0.05) is 22.8 Å². The van der Waals surface area contributed by atoms with E-state index in [0.717, 1.165) is 10.6 Å². The number of nitrogens with one attached hydrogen (secondary N) is 1. The number of fused-ring (bicyclic) bond motifs is 1. The number of carbonyl (C=O) groups is 1. The summed E-state index contributed by atoms with van der Waals surface area (Å²) in [7, 11) is 1.36. The molecule has 0 fully saturated rings. The lowest BCUT2D eigenvalue weighted by Crippen LogP contribution is -2.09. The molecule has 8 heteroatoms. The third-order valence-electron chi connectivity index (χ3n) is 3.35. The summed E-state index contributed by atoms with van der Waals surface area (Å²) in [5.74, 6) is -0.223. The second kappa shape index (κ2) is 6.17. The number of ether oxygens (including phenoxy) is 1. The molecule has 3 N–H and O–H groups in total. The van der Waals surface area contributed by atoms with E-state index in [1.165, 1.54) is 30.7 Å². The van der Waals surface area contributed by atoms with Crippen molar-refractivity contribution < 1.29 is 9.53 Å². The molecule has 0 saturated carbocycles. The van der Waals surface area contributed by atoms with E-state index in [2.05, 4.69) is 19.7 Å². The molecule has 0 aliphatic carbocycles. The van der Waals surface area contributed by atoms with E-state index in [1.807, 2.05) is 6.07 Å². The van der Waals surface area contributed by atoms with E-state index in [1.54, 1.807) is 6.07 Å². The molecule has 0 aromatic carbocycles. The first-order valence-electron chi connectivity index (χ1n) is 6.88. The summed E-state index contributed by atoms with van der Waals surface area (Å²) in [6.07, 6.45) is 2.74. The minimum atomic E-state index is -0.340. The van der Waals surface area contributed by atoms with E-state index in [0.29, 0.717) is 28.8 Å². The predicted molar refractivity (Wildman–Crippen MR) is 87.6 cm³/mol. The van der Waals surface area contributed by atoms with Crippen LogP contribution >= 0.6 is 11.3 Å². The van der Waals surface area contributed by atoms with Crippen molar-refractivity contribution in [1.29, 1.82) is 0 Å². The fourth-order valence-electron chi connectivity index (χ4n) is 2.21. The van der Waals surface area contributed by atoms with Crippen molar-refractivity contribution in [2.75, 3.05) is 12.8 Å². The Morgan fingerprint density at radius 1 is 1.39 bits per heavy atom. The molecule has 0 amide bonds. The van der Waals surface area contributed by atoms with E-state index in [-0.39, 0.29) is 17.3 Å². The molecular weight excluding hydrogens is 316 g/mol. The molecule has 0 saturated heterocycles. The lowest BCUT2D eigenvalue weighted by atomic mass is 10.2. The highest BCUT2D eigenvalue weighted by atomic mass is 32.1. The van der Waals surface area contributed by atoms with E-state index in [4.69, 9.17) is 5.73 Å². The maximum atomic E-state index is 12.1. The standard InChI is InChI=1S/C15H14N4O3S/c1-22-14(21)12-5-4-9(23-12)3-2-8-6-11(20)10-7-17-15(16)19-13(10)18-8/h4-7H,2-3H2,1H3,(H3,16,17,18,19,20). The first-order chi connectivity index (χ1) is 11.1. The molecule has 7 nitrogen and oxygen atoms in total. The summed E-state index contributed by atoms with van der Waals surface area (Å²) in [6.45, 7) is 0. The molecule has 0 aliphatic heterocycles. The van der Waals surface area contributed by atoms with Crippen molar-refractivity contribution in [3.05, 3.63) is 50.1 Å². The van der Waals surface area contributed by atoms with Gasteiger partial charge in [0.15, 0.2) is 5.43 Å². The fraction of sp³-hybridized carbons (Fsp3) is 0.200. The number of aromatic amines is 1. The Bertz CT molecular complexity index is 932. The maximum absolute atomic E-state index is 12.1. The number of methoxy groups -OCH3 is 1. The first-order valence-corrected chi connectivity index (χ1v) is 7.70. The molecule has 0 bridgehead atoms. The molecule has 0 atom stereocenters. The Kier molecular flexibility index (Phi) is 4.07. The Morgan fingerprint density at radius 3 is 3.00 bits per heavy atom. The average molecular weight is 330 g/mol. The molecule has 3 heterocycles. The highest BCUT2D eigenvalue weighted by molar-refractivity contribution is 7.13. The second-order valence-electron chi connectivity index (χ2n) is 4.91. The molecule has 23 heavy (non-hydrogen) atoms. The van der Waals surface area contributed by atoms with Gasteiger partial charge in [-0.1, -0.05) is 0 Å². The summed E-state index contributed by atoms with van der Waals surface area (Å²) < 4.78 is 4.69. The zero-order valence-electron chi connectivity index (χ0n) is 12.3. The van der Waals surface area contributed by atoms with Crippen LogP contribution in [0.3, 0.4) is 0 Å². The van der Waals surface area contributed by atoms with Crippen LogP contribution < -0.4 is 11.2 Å². The van der Waals surface area contributed by atoms with Gasteiger partial charge in [0.2, 0.25) is 5.95 Å². The van der Waals surface area contributed by atoms with Gasteiger partial charge in [-0.15, -0.1) is 11.3 Å². The van der Waals surface area contributed by atoms with Crippen molar-refractivity contribution >= 4 is 34.3 Å². The smallest absolute Gasteiger partial charge is 0.348 e. The largest absolute Gasteiger partial charge is 0.465 e. The zero-order chi connectivity index (χ0) is 16.4. The van der Waals surface area contributed by atoms with Crippen LogP contribution in [0.4, 0.5) is 5.95 Å². The minimum Gasteiger partial charge on any atom is -0.465 e. The summed E-state index contributed by atoms with van der Waals surface area (Å²) >= 11 is 1.38. The van der Waals surface area contributed by atoms with Crippen LogP contribution in [-0.4, -0.2) is 28.0 Å². The number of nitrogens with two attached hydrogens (primary N) is 1. The number of nitrogens with zero attached hydrogens (tertiary/aromatic N) is 2. The first kappa shape index (κ1) is 15.2. The van der Waals surface area contributed by atoms with Gasteiger partial charge in [0.1, 0.15) is 10.5 Å². The van der Waals surface area contributed by atoms with Gasteiger partial charge in [-0.2, -0.15) is 4.98 Å². The van der Waals surface area contributed by atoms with Crippen LogP contribution in [-0.2, 0) is 17.6 Å². The molecule has 118 valence electrons. The molecule has 3 aromatic heterocycles. The number of anilines is 1. The van der Waals surface area contributed by atoms with Gasteiger partial charge in [-0.25, -0.2) is 9.78 Å². The SMILES string of the molecule is COC(=O)c1ccc(CCc2cc(=O)c3cnc(N)nc3[nH]2)s1. The fourth-order valence-corrected chi connectivity index (χ4v) is 3.14. The van der Waals surface area contributed by atoms with Crippen molar-refractivity contribution in [1.82, 2.24) is 15.0 Å². The minimum absolute atomic E-state index is 0.117. The highest BCUT2D eigenvalue weighted by Crippen LogP contribution is 2.19. The number of thiophene rings is 1. The van der Waals surface area contributed by atoms with Crippen LogP contribution in [0, 0.1) is 0 Å². The summed E-state index contributed by atoms with van der Waals surface area (Å²) in [6, 6.07) is 5.16. The van der Waals surface area contributed by atoms with Gasteiger partial charge >= 0.3 is 5.97 Å². The number of esters is 1. The number of hydrogen-bond donors (Lipinski definition) is 2. The topological polar surface area (TPSA) is 111 Å². The van der Waals surface area contributed by atoms with Gasteiger partial charge in [0.05, 0.1) is 12.5 Å².